The molecule has 1 aromatic carbocycles. The highest BCUT2D eigenvalue weighted by atomic mass is 16.5. The highest BCUT2D eigenvalue weighted by Crippen LogP contribution is 2.43. The quantitative estimate of drug-likeness (QED) is 0.697. The van der Waals surface area contributed by atoms with Crippen LogP contribution in [0, 0.1) is 5.92 Å². The molecular weight excluding hydrogens is 188 g/mol. The van der Waals surface area contributed by atoms with Gasteiger partial charge >= 0.3 is 0 Å². The number of rotatable bonds is 0. The van der Waals surface area contributed by atoms with Gasteiger partial charge in [0.05, 0.1) is 12.2 Å². The molecule has 1 N–H and O–H groups in total. The van der Waals surface area contributed by atoms with Crippen molar-refractivity contribution in [1.82, 2.24) is 0 Å². The maximum atomic E-state index is 9.85. The van der Waals surface area contributed by atoms with Gasteiger partial charge in [0.15, 0.2) is 0 Å². The van der Waals surface area contributed by atoms with Crippen LogP contribution >= 0.6 is 0 Å². The summed E-state index contributed by atoms with van der Waals surface area (Å²) in [5, 5.41) is 9.85. The normalized spacial score (nSPS) is 22.4. The number of allylic oxidation sites excluding steroid dienone is 3. The number of ether oxygens (including phenoxy) is 1. The van der Waals surface area contributed by atoms with Crippen LogP contribution in [0.15, 0.2) is 36.4 Å². The van der Waals surface area contributed by atoms with Crippen molar-refractivity contribution in [1.29, 1.82) is 0 Å². The highest BCUT2D eigenvalue weighted by molar-refractivity contribution is 5.79. The SMILES string of the molecule is Oc1cccc2c1C1=CC=CCC1CO2. The number of phenolic OH excluding ortho intramolecular Hbond substituents is 1. The van der Waals surface area contributed by atoms with Crippen molar-refractivity contribution in [2.24, 2.45) is 5.92 Å². The maximum Gasteiger partial charge on any atom is 0.130 e. The number of fused-ring (bicyclic) bond motifs is 3. The third kappa shape index (κ3) is 1.25. The zero-order valence-corrected chi connectivity index (χ0v) is 8.31. The monoisotopic (exact) mass is 200 g/mol. The van der Waals surface area contributed by atoms with E-state index in [9.17, 15) is 5.11 Å². The molecule has 2 aliphatic rings. The second kappa shape index (κ2) is 3.16. The fourth-order valence-corrected chi connectivity index (χ4v) is 2.24. The zero-order valence-electron chi connectivity index (χ0n) is 8.31. The summed E-state index contributed by atoms with van der Waals surface area (Å²) in [7, 11) is 0. The molecule has 0 radical (unpaired) electrons. The average Bonchev–Trinajstić information content (AvgIpc) is 2.29. The minimum atomic E-state index is 0.318. The van der Waals surface area contributed by atoms with Crippen molar-refractivity contribution in [3.05, 3.63) is 42.0 Å². The molecule has 1 aliphatic carbocycles. The van der Waals surface area contributed by atoms with Crippen LogP contribution in [-0.4, -0.2) is 11.7 Å². The Hall–Kier alpha value is -1.70. The van der Waals surface area contributed by atoms with E-state index in [0.29, 0.717) is 18.3 Å². The van der Waals surface area contributed by atoms with Crippen molar-refractivity contribution in [3.63, 3.8) is 0 Å². The first kappa shape index (κ1) is 8.60. The fourth-order valence-electron chi connectivity index (χ4n) is 2.24. The van der Waals surface area contributed by atoms with E-state index < -0.39 is 0 Å². The Kier molecular flexibility index (Phi) is 1.81. The standard InChI is InChI=1S/C13H12O2/c14-11-6-3-7-12-13(11)10-5-2-1-4-9(10)8-15-12/h1-3,5-7,9,14H,4,8H2. The Morgan fingerprint density at radius 2 is 2.27 bits per heavy atom. The Morgan fingerprint density at radius 1 is 1.33 bits per heavy atom. The molecule has 2 heteroatoms. The Morgan fingerprint density at radius 3 is 3.20 bits per heavy atom. The van der Waals surface area contributed by atoms with Crippen molar-refractivity contribution in [2.45, 2.75) is 6.42 Å². The molecule has 0 amide bonds. The van der Waals surface area contributed by atoms with Gasteiger partial charge in [-0.3, -0.25) is 0 Å². The van der Waals surface area contributed by atoms with Crippen LogP contribution < -0.4 is 4.74 Å². The summed E-state index contributed by atoms with van der Waals surface area (Å²) < 4.78 is 5.64. The van der Waals surface area contributed by atoms with E-state index in [1.807, 2.05) is 18.2 Å². The highest BCUT2D eigenvalue weighted by Gasteiger charge is 2.27. The molecule has 1 aromatic rings. The lowest BCUT2D eigenvalue weighted by Crippen LogP contribution is -2.20. The Bertz CT molecular complexity index is 458. The molecule has 0 spiro atoms. The third-order valence-electron chi connectivity index (χ3n) is 3.01. The minimum absolute atomic E-state index is 0.318. The molecule has 3 rings (SSSR count). The zero-order chi connectivity index (χ0) is 10.3. The van der Waals surface area contributed by atoms with Crippen LogP contribution in [0.3, 0.4) is 0 Å². The first-order valence-corrected chi connectivity index (χ1v) is 5.18. The summed E-state index contributed by atoms with van der Waals surface area (Å²) in [4.78, 5) is 0. The predicted octanol–water partition coefficient (Wildman–Crippen LogP) is 2.74. The predicted molar refractivity (Wildman–Crippen MR) is 58.8 cm³/mol. The van der Waals surface area contributed by atoms with E-state index in [0.717, 1.165) is 17.7 Å². The topological polar surface area (TPSA) is 29.5 Å². The van der Waals surface area contributed by atoms with E-state index in [-0.39, 0.29) is 0 Å². The van der Waals surface area contributed by atoms with Crippen LogP contribution in [0.1, 0.15) is 12.0 Å². The van der Waals surface area contributed by atoms with E-state index in [2.05, 4.69) is 12.2 Å². The molecule has 0 saturated heterocycles. The molecule has 1 aliphatic heterocycles. The number of hydrogen-bond donors (Lipinski definition) is 1. The van der Waals surface area contributed by atoms with Crippen molar-refractivity contribution in [3.8, 4) is 11.5 Å². The number of phenols is 1. The molecule has 0 fully saturated rings. The van der Waals surface area contributed by atoms with Gasteiger partial charge in [0, 0.05) is 5.92 Å². The lowest BCUT2D eigenvalue weighted by atomic mass is 9.85. The molecule has 0 saturated carbocycles. The van der Waals surface area contributed by atoms with Gasteiger partial charge in [0.25, 0.3) is 0 Å². The summed E-state index contributed by atoms with van der Waals surface area (Å²) in [6.07, 6.45) is 7.27. The minimum Gasteiger partial charge on any atom is -0.507 e. The molecule has 1 heterocycles. The van der Waals surface area contributed by atoms with Gasteiger partial charge in [0.1, 0.15) is 11.5 Å². The molecular formula is C13H12O2. The largest absolute Gasteiger partial charge is 0.507 e. The van der Waals surface area contributed by atoms with Gasteiger partial charge in [-0.2, -0.15) is 0 Å². The van der Waals surface area contributed by atoms with Gasteiger partial charge in [-0.05, 0) is 24.1 Å². The van der Waals surface area contributed by atoms with Crippen LogP contribution in [0.25, 0.3) is 5.57 Å². The maximum absolute atomic E-state index is 9.85. The fraction of sp³-hybridized carbons (Fsp3) is 0.231. The first-order valence-electron chi connectivity index (χ1n) is 5.18. The van der Waals surface area contributed by atoms with Gasteiger partial charge in [-0.25, -0.2) is 0 Å². The van der Waals surface area contributed by atoms with Crippen LogP contribution in [0.5, 0.6) is 11.5 Å². The molecule has 2 nitrogen and oxygen atoms in total. The van der Waals surface area contributed by atoms with Crippen LogP contribution in [0.4, 0.5) is 0 Å². The first-order chi connectivity index (χ1) is 7.36. The second-order valence-electron chi connectivity index (χ2n) is 3.94. The molecule has 0 bridgehead atoms. The van der Waals surface area contributed by atoms with E-state index in [4.69, 9.17) is 4.74 Å². The third-order valence-corrected chi connectivity index (χ3v) is 3.01. The molecule has 0 aromatic heterocycles. The second-order valence-corrected chi connectivity index (χ2v) is 3.94. The van der Waals surface area contributed by atoms with Crippen LogP contribution in [0.2, 0.25) is 0 Å². The van der Waals surface area contributed by atoms with Gasteiger partial charge in [-0.15, -0.1) is 0 Å². The number of benzene rings is 1. The smallest absolute Gasteiger partial charge is 0.130 e. The van der Waals surface area contributed by atoms with E-state index in [1.54, 1.807) is 6.07 Å². The summed E-state index contributed by atoms with van der Waals surface area (Å²) in [5.74, 6) is 1.52. The number of hydrogen-bond acceptors (Lipinski definition) is 2. The summed E-state index contributed by atoms with van der Waals surface area (Å²) >= 11 is 0. The van der Waals surface area contributed by atoms with Crippen molar-refractivity contribution >= 4 is 5.57 Å². The molecule has 1 atom stereocenters. The number of aromatic hydroxyl groups is 1. The van der Waals surface area contributed by atoms with Gasteiger partial charge in [0.2, 0.25) is 0 Å². The van der Waals surface area contributed by atoms with Crippen molar-refractivity contribution < 1.29 is 9.84 Å². The van der Waals surface area contributed by atoms with E-state index in [1.165, 1.54) is 5.57 Å². The molecule has 15 heavy (non-hydrogen) atoms. The Labute approximate surface area is 88.5 Å². The summed E-state index contributed by atoms with van der Waals surface area (Å²) in [6.45, 7) is 0.715. The summed E-state index contributed by atoms with van der Waals surface area (Å²) in [5.41, 5.74) is 2.08. The lowest BCUT2D eigenvalue weighted by Gasteiger charge is -2.29. The van der Waals surface area contributed by atoms with Gasteiger partial charge < -0.3 is 9.84 Å². The lowest BCUT2D eigenvalue weighted by molar-refractivity contribution is 0.265. The summed E-state index contributed by atoms with van der Waals surface area (Å²) in [6, 6.07) is 5.43. The van der Waals surface area contributed by atoms with Crippen LogP contribution in [-0.2, 0) is 0 Å². The molecule has 1 unspecified atom stereocenters. The van der Waals surface area contributed by atoms with Crippen molar-refractivity contribution in [2.75, 3.05) is 6.61 Å². The molecule has 76 valence electrons. The average molecular weight is 200 g/mol. The Balaban J connectivity index is 2.21. The van der Waals surface area contributed by atoms with Gasteiger partial charge in [-0.1, -0.05) is 24.3 Å². The van der Waals surface area contributed by atoms with E-state index >= 15 is 0 Å².